The maximum atomic E-state index is 12.8. The third kappa shape index (κ3) is 3.32. The third-order valence-corrected chi connectivity index (χ3v) is 6.06. The monoisotopic (exact) mass is 306 g/mol. The highest BCUT2D eigenvalue weighted by atomic mass is 32.1. The molecule has 3 rings (SSSR count). The van der Waals surface area contributed by atoms with Gasteiger partial charge in [0.25, 0.3) is 5.91 Å². The quantitative estimate of drug-likeness (QED) is 0.931. The first-order valence-electron chi connectivity index (χ1n) is 8.23. The molecule has 0 radical (unpaired) electrons. The van der Waals surface area contributed by atoms with Gasteiger partial charge in [-0.3, -0.25) is 4.79 Å². The van der Waals surface area contributed by atoms with Gasteiger partial charge in [0.1, 0.15) is 0 Å². The van der Waals surface area contributed by atoms with Crippen LogP contribution in [0, 0.1) is 11.8 Å². The Kier molecular flexibility index (Phi) is 4.65. The van der Waals surface area contributed by atoms with Crippen LogP contribution in [0.4, 0.5) is 0 Å². The second-order valence-corrected chi connectivity index (χ2v) is 7.86. The van der Waals surface area contributed by atoms with Gasteiger partial charge >= 0.3 is 0 Å². The van der Waals surface area contributed by atoms with Crippen molar-refractivity contribution in [2.45, 2.75) is 39.0 Å². The number of hydrogen-bond acceptors (Lipinski definition) is 3. The van der Waals surface area contributed by atoms with E-state index in [0.29, 0.717) is 5.92 Å². The van der Waals surface area contributed by atoms with E-state index in [9.17, 15) is 4.79 Å². The van der Waals surface area contributed by atoms with Gasteiger partial charge < -0.3 is 10.2 Å². The van der Waals surface area contributed by atoms with Crippen LogP contribution in [0.1, 0.15) is 46.3 Å². The zero-order valence-electron chi connectivity index (χ0n) is 13.2. The van der Waals surface area contributed by atoms with E-state index in [1.165, 1.54) is 23.3 Å². The van der Waals surface area contributed by atoms with Gasteiger partial charge in [0.05, 0.1) is 4.88 Å². The standard InChI is InChI=1S/C17H26N2OS/c1-12-5-6-15-14(8-12)9-16(21-15)17(20)19-7-3-4-13(11-19)10-18-2/h9,12-13,18H,3-8,10-11H2,1-2H3. The van der Waals surface area contributed by atoms with Crippen LogP contribution in [0.3, 0.4) is 0 Å². The van der Waals surface area contributed by atoms with Crippen molar-refractivity contribution >= 4 is 17.2 Å². The minimum absolute atomic E-state index is 0.267. The summed E-state index contributed by atoms with van der Waals surface area (Å²) in [4.78, 5) is 17.3. The Morgan fingerprint density at radius 1 is 1.48 bits per heavy atom. The number of nitrogens with zero attached hydrogens (tertiary/aromatic N) is 1. The summed E-state index contributed by atoms with van der Waals surface area (Å²) in [7, 11) is 2.00. The Morgan fingerprint density at radius 2 is 2.33 bits per heavy atom. The van der Waals surface area contributed by atoms with Gasteiger partial charge in [0.15, 0.2) is 0 Å². The first-order chi connectivity index (χ1) is 10.2. The molecule has 0 spiro atoms. The summed E-state index contributed by atoms with van der Waals surface area (Å²) >= 11 is 1.75. The molecule has 2 aliphatic rings. The largest absolute Gasteiger partial charge is 0.338 e. The molecule has 0 bridgehead atoms. The van der Waals surface area contributed by atoms with Gasteiger partial charge in [-0.15, -0.1) is 11.3 Å². The Hall–Kier alpha value is -0.870. The molecule has 1 aliphatic carbocycles. The van der Waals surface area contributed by atoms with Crippen LogP contribution in [-0.4, -0.2) is 37.5 Å². The van der Waals surface area contributed by atoms with Crippen LogP contribution in [-0.2, 0) is 12.8 Å². The first kappa shape index (κ1) is 15.0. The highest BCUT2D eigenvalue weighted by Crippen LogP contribution is 2.33. The molecular formula is C17H26N2OS. The molecule has 2 heterocycles. The van der Waals surface area contributed by atoms with Crippen molar-refractivity contribution in [1.29, 1.82) is 0 Å². The average molecular weight is 306 g/mol. The first-order valence-corrected chi connectivity index (χ1v) is 9.04. The highest BCUT2D eigenvalue weighted by Gasteiger charge is 2.27. The number of carbonyl (C=O) groups excluding carboxylic acids is 1. The van der Waals surface area contributed by atoms with Crippen LogP contribution in [0.15, 0.2) is 6.07 Å². The van der Waals surface area contributed by atoms with Crippen molar-refractivity contribution in [3.8, 4) is 0 Å². The van der Waals surface area contributed by atoms with Crippen molar-refractivity contribution in [2.24, 2.45) is 11.8 Å². The summed E-state index contributed by atoms with van der Waals surface area (Å²) < 4.78 is 0. The van der Waals surface area contributed by atoms with Gasteiger partial charge in [-0.25, -0.2) is 0 Å². The number of carbonyl (C=O) groups is 1. The lowest BCUT2D eigenvalue weighted by Gasteiger charge is -2.32. The minimum Gasteiger partial charge on any atom is -0.338 e. The number of aryl methyl sites for hydroxylation is 1. The van der Waals surface area contributed by atoms with Gasteiger partial charge in [0, 0.05) is 18.0 Å². The number of nitrogens with one attached hydrogen (secondary N) is 1. The van der Waals surface area contributed by atoms with E-state index in [1.807, 2.05) is 7.05 Å². The summed E-state index contributed by atoms with van der Waals surface area (Å²) in [5.41, 5.74) is 1.44. The number of hydrogen-bond donors (Lipinski definition) is 1. The fourth-order valence-corrected chi connectivity index (χ4v) is 4.85. The number of thiophene rings is 1. The molecule has 2 unspecified atom stereocenters. The molecule has 3 nitrogen and oxygen atoms in total. The van der Waals surface area contributed by atoms with Gasteiger partial charge in [-0.2, -0.15) is 0 Å². The third-order valence-electron chi connectivity index (χ3n) is 4.84. The number of amides is 1. The molecule has 116 valence electrons. The van der Waals surface area contributed by atoms with E-state index in [0.717, 1.165) is 49.7 Å². The fraction of sp³-hybridized carbons (Fsp3) is 0.706. The normalized spacial score (nSPS) is 25.7. The highest BCUT2D eigenvalue weighted by molar-refractivity contribution is 7.14. The minimum atomic E-state index is 0.267. The van der Waals surface area contributed by atoms with Crippen LogP contribution in [0.2, 0.25) is 0 Å². The molecule has 1 aromatic heterocycles. The predicted molar refractivity (Wildman–Crippen MR) is 88.1 cm³/mol. The Balaban J connectivity index is 1.70. The van der Waals surface area contributed by atoms with Gasteiger partial charge in [-0.1, -0.05) is 6.92 Å². The molecule has 0 aromatic carbocycles. The molecule has 1 amide bonds. The number of fused-ring (bicyclic) bond motifs is 1. The lowest BCUT2D eigenvalue weighted by Crippen LogP contribution is -2.42. The lowest BCUT2D eigenvalue weighted by atomic mass is 9.90. The summed E-state index contributed by atoms with van der Waals surface area (Å²) in [5.74, 6) is 1.65. The van der Waals surface area contributed by atoms with E-state index in [2.05, 4.69) is 23.2 Å². The maximum absolute atomic E-state index is 12.8. The SMILES string of the molecule is CNCC1CCCN(C(=O)c2cc3c(s2)CCC(C)C3)C1. The average Bonchev–Trinajstić information content (AvgIpc) is 2.90. The molecule has 4 heteroatoms. The molecule has 1 N–H and O–H groups in total. The Bertz CT molecular complexity index is 509. The van der Waals surface area contributed by atoms with Crippen molar-refractivity contribution in [3.05, 3.63) is 21.4 Å². The van der Waals surface area contributed by atoms with Gasteiger partial charge in [0.2, 0.25) is 0 Å². The Labute approximate surface area is 131 Å². The molecule has 1 aromatic rings. The molecule has 0 saturated carbocycles. The molecule has 1 saturated heterocycles. The van der Waals surface area contributed by atoms with E-state index in [4.69, 9.17) is 0 Å². The van der Waals surface area contributed by atoms with E-state index in [1.54, 1.807) is 11.3 Å². The smallest absolute Gasteiger partial charge is 0.263 e. The van der Waals surface area contributed by atoms with Crippen molar-refractivity contribution in [1.82, 2.24) is 10.2 Å². The Morgan fingerprint density at radius 3 is 3.14 bits per heavy atom. The summed E-state index contributed by atoms with van der Waals surface area (Å²) in [6.45, 7) is 5.17. The van der Waals surface area contributed by atoms with E-state index < -0.39 is 0 Å². The molecule has 1 aliphatic heterocycles. The molecular weight excluding hydrogens is 280 g/mol. The fourth-order valence-electron chi connectivity index (χ4n) is 3.67. The summed E-state index contributed by atoms with van der Waals surface area (Å²) in [5, 5.41) is 3.25. The zero-order chi connectivity index (χ0) is 14.8. The molecule has 2 atom stereocenters. The van der Waals surface area contributed by atoms with E-state index >= 15 is 0 Å². The predicted octanol–water partition coefficient (Wildman–Crippen LogP) is 2.94. The van der Waals surface area contributed by atoms with Gasteiger partial charge in [-0.05, 0) is 69.2 Å². The summed E-state index contributed by atoms with van der Waals surface area (Å²) in [6, 6.07) is 2.18. The van der Waals surface area contributed by atoms with Crippen molar-refractivity contribution in [2.75, 3.05) is 26.7 Å². The number of piperidine rings is 1. The second-order valence-electron chi connectivity index (χ2n) is 6.72. The lowest BCUT2D eigenvalue weighted by molar-refractivity contribution is 0.0679. The second kappa shape index (κ2) is 6.49. The van der Waals surface area contributed by atoms with E-state index in [-0.39, 0.29) is 5.91 Å². The topological polar surface area (TPSA) is 32.3 Å². The molecule has 21 heavy (non-hydrogen) atoms. The van der Waals surface area contributed by atoms with Crippen LogP contribution < -0.4 is 5.32 Å². The summed E-state index contributed by atoms with van der Waals surface area (Å²) in [6.07, 6.45) is 5.97. The maximum Gasteiger partial charge on any atom is 0.263 e. The van der Waals surface area contributed by atoms with Crippen LogP contribution >= 0.6 is 11.3 Å². The van der Waals surface area contributed by atoms with Crippen LogP contribution in [0.25, 0.3) is 0 Å². The zero-order valence-corrected chi connectivity index (χ0v) is 14.0. The van der Waals surface area contributed by atoms with Crippen LogP contribution in [0.5, 0.6) is 0 Å². The molecule has 1 fully saturated rings. The van der Waals surface area contributed by atoms with Crippen molar-refractivity contribution in [3.63, 3.8) is 0 Å². The van der Waals surface area contributed by atoms with Crippen molar-refractivity contribution < 1.29 is 4.79 Å². The number of rotatable bonds is 3. The number of likely N-dealkylation sites (tertiary alicyclic amines) is 1.